The molecule has 0 unspecified atom stereocenters. The normalized spacial score (nSPS) is 26.4. The van der Waals surface area contributed by atoms with Gasteiger partial charge in [0, 0.05) is 43.7 Å². The monoisotopic (exact) mass is 725 g/mol. The number of hydrogen-bond acceptors (Lipinski definition) is 9. The van der Waals surface area contributed by atoms with Gasteiger partial charge in [-0.2, -0.15) is 23.1 Å². The number of carbonyl (C=O) groups excluding carboxylic acids is 1. The third kappa shape index (κ3) is 6.21. The number of aromatic nitrogens is 3. The van der Waals surface area contributed by atoms with Crippen LogP contribution in [0.15, 0.2) is 36.5 Å². The van der Waals surface area contributed by atoms with Gasteiger partial charge in [0.2, 0.25) is 0 Å². The summed E-state index contributed by atoms with van der Waals surface area (Å²) in [6.07, 6.45) is -1.25. The number of anilines is 1. The number of pyridine rings is 1. The van der Waals surface area contributed by atoms with Crippen LogP contribution in [0.2, 0.25) is 0 Å². The molecule has 2 bridgehead atoms. The van der Waals surface area contributed by atoms with E-state index < -0.39 is 46.8 Å². The number of aliphatic hydroxyl groups excluding tert-OH is 1. The molecule has 1 N–H and O–H groups in total. The summed E-state index contributed by atoms with van der Waals surface area (Å²) in [5.74, 6) is -0.911. The minimum Gasteiger partial charge on any atom is -0.461 e. The Kier molecular flexibility index (Phi) is 8.36. The molecule has 0 amide bonds. The second-order valence-corrected chi connectivity index (χ2v) is 16.0. The number of carbonyl (C=O) groups is 1. The fourth-order valence-electron chi connectivity index (χ4n) is 8.59. The number of halogens is 5. The lowest BCUT2D eigenvalue weighted by molar-refractivity contribution is -0.143. The number of piperidine rings is 1. The summed E-state index contributed by atoms with van der Waals surface area (Å²) in [5.41, 5.74) is -2.83. The highest BCUT2D eigenvalue weighted by Crippen LogP contribution is 2.44. The third-order valence-electron chi connectivity index (χ3n) is 11.2. The quantitative estimate of drug-likeness (QED) is 0.127. The SMILES string of the molecule is CC(C)(C)C(=O)Oc1cc(-c2ncc3c(N4C[C@@H]5C[C@H](C4)[C@H](O)C5)nc(OC[C@@]45CCCN4C[C@H](F)C5)nc3c2F)c2cc(C(F)(F)F)ccc2c1. The zero-order chi connectivity index (χ0) is 36.7. The molecule has 5 atom stereocenters. The Hall–Kier alpha value is -4.17. The first-order valence-electron chi connectivity index (χ1n) is 17.8. The van der Waals surface area contributed by atoms with E-state index >= 15 is 4.39 Å². The zero-order valence-electron chi connectivity index (χ0n) is 29.1. The molecule has 4 aliphatic rings. The lowest BCUT2D eigenvalue weighted by Crippen LogP contribution is -2.43. The molecule has 276 valence electrons. The maximum absolute atomic E-state index is 17.1. The molecule has 2 aromatic carbocycles. The van der Waals surface area contributed by atoms with Crippen molar-refractivity contribution in [2.75, 3.05) is 37.7 Å². The number of benzene rings is 2. The van der Waals surface area contributed by atoms with Crippen LogP contribution in [0.5, 0.6) is 11.8 Å². The molecule has 1 aliphatic carbocycles. The van der Waals surface area contributed by atoms with Gasteiger partial charge < -0.3 is 19.5 Å². The largest absolute Gasteiger partial charge is 0.461 e. The van der Waals surface area contributed by atoms with Gasteiger partial charge in [0.15, 0.2) is 5.82 Å². The van der Waals surface area contributed by atoms with Crippen LogP contribution in [0.4, 0.5) is 27.8 Å². The number of esters is 1. The summed E-state index contributed by atoms with van der Waals surface area (Å²) in [6.45, 7) is 7.21. The van der Waals surface area contributed by atoms with Crippen molar-refractivity contribution < 1.29 is 41.3 Å². The molecular formula is C38H40F5N5O4. The smallest absolute Gasteiger partial charge is 0.416 e. The Balaban J connectivity index is 1.27. The first-order valence-corrected chi connectivity index (χ1v) is 17.8. The highest BCUT2D eigenvalue weighted by molar-refractivity contribution is 6.00. The lowest BCUT2D eigenvalue weighted by Gasteiger charge is -2.34. The van der Waals surface area contributed by atoms with Crippen LogP contribution >= 0.6 is 0 Å². The van der Waals surface area contributed by atoms with Gasteiger partial charge in [-0.3, -0.25) is 14.7 Å². The van der Waals surface area contributed by atoms with E-state index in [2.05, 4.69) is 14.9 Å². The van der Waals surface area contributed by atoms with Gasteiger partial charge in [-0.05, 0) is 94.0 Å². The molecule has 3 saturated heterocycles. The molecule has 9 nitrogen and oxygen atoms in total. The Bertz CT molecular complexity index is 2070. The van der Waals surface area contributed by atoms with E-state index in [4.69, 9.17) is 14.5 Å². The number of aliphatic hydroxyl groups is 1. The van der Waals surface area contributed by atoms with Gasteiger partial charge in [0.25, 0.3) is 0 Å². The van der Waals surface area contributed by atoms with E-state index in [-0.39, 0.29) is 63.1 Å². The predicted molar refractivity (Wildman–Crippen MR) is 183 cm³/mol. The Morgan fingerprint density at radius 3 is 2.62 bits per heavy atom. The molecule has 14 heteroatoms. The van der Waals surface area contributed by atoms with Gasteiger partial charge in [0.1, 0.15) is 35.6 Å². The fraction of sp³-hybridized carbons (Fsp3) is 0.526. The molecule has 2 aromatic heterocycles. The minimum atomic E-state index is -4.68. The van der Waals surface area contributed by atoms with E-state index in [1.807, 2.05) is 4.90 Å². The summed E-state index contributed by atoms with van der Waals surface area (Å²) >= 11 is 0. The van der Waals surface area contributed by atoms with E-state index in [1.54, 1.807) is 20.8 Å². The van der Waals surface area contributed by atoms with E-state index in [0.717, 1.165) is 37.9 Å². The number of rotatable bonds is 6. The average molecular weight is 726 g/mol. The summed E-state index contributed by atoms with van der Waals surface area (Å²) in [4.78, 5) is 30.6. The van der Waals surface area contributed by atoms with Gasteiger partial charge in [-0.25, -0.2) is 8.78 Å². The van der Waals surface area contributed by atoms with Gasteiger partial charge in [-0.1, -0.05) is 6.07 Å². The van der Waals surface area contributed by atoms with Crippen LogP contribution in [-0.2, 0) is 11.0 Å². The van der Waals surface area contributed by atoms with Gasteiger partial charge in [-0.15, -0.1) is 0 Å². The molecule has 5 heterocycles. The van der Waals surface area contributed by atoms with Crippen molar-refractivity contribution in [3.8, 4) is 23.0 Å². The molecule has 0 radical (unpaired) electrons. The standard InChI is InChI=1S/C38H40F5N5O4/c1-36(2,3)34(50)52-25-11-21-5-6-23(38(41,42)43)12-26(21)27(13-25)31-30(40)32-28(15-44-31)33(47-16-20-9-22(17-47)29(49)10-20)46-35(45-32)51-19-37-7-4-8-48(37)18-24(39)14-37/h5-6,11-13,15,20,22,24,29,49H,4,7-10,14,16-19H2,1-3H3/t20-,22-,24-,29-,37+/m1/s1. The van der Waals surface area contributed by atoms with Crippen molar-refractivity contribution in [3.05, 3.63) is 47.9 Å². The highest BCUT2D eigenvalue weighted by Gasteiger charge is 2.49. The highest BCUT2D eigenvalue weighted by atomic mass is 19.4. The molecule has 52 heavy (non-hydrogen) atoms. The van der Waals surface area contributed by atoms with Crippen LogP contribution in [-0.4, -0.2) is 81.5 Å². The lowest BCUT2D eigenvalue weighted by atomic mass is 9.95. The summed E-state index contributed by atoms with van der Waals surface area (Å²) < 4.78 is 85.3. The first kappa shape index (κ1) is 34.9. The molecule has 8 rings (SSSR count). The van der Waals surface area contributed by atoms with E-state index in [9.17, 15) is 27.5 Å². The summed E-state index contributed by atoms with van der Waals surface area (Å²) in [5, 5.41) is 11.2. The average Bonchev–Trinajstić information content (AvgIpc) is 3.70. The number of hydrogen-bond donors (Lipinski definition) is 1. The molecule has 1 saturated carbocycles. The fourth-order valence-corrected chi connectivity index (χ4v) is 8.59. The van der Waals surface area contributed by atoms with Crippen LogP contribution in [0, 0.1) is 23.1 Å². The summed E-state index contributed by atoms with van der Waals surface area (Å²) in [6, 6.07) is 5.72. The Morgan fingerprint density at radius 1 is 1.06 bits per heavy atom. The van der Waals surface area contributed by atoms with Crippen molar-refractivity contribution in [3.63, 3.8) is 0 Å². The van der Waals surface area contributed by atoms with Gasteiger partial charge >= 0.3 is 18.2 Å². The van der Waals surface area contributed by atoms with E-state index in [0.29, 0.717) is 38.3 Å². The second-order valence-electron chi connectivity index (χ2n) is 16.0. The molecular weight excluding hydrogens is 685 g/mol. The van der Waals surface area contributed by atoms with Crippen molar-refractivity contribution in [1.82, 2.24) is 19.9 Å². The van der Waals surface area contributed by atoms with Crippen molar-refractivity contribution in [2.24, 2.45) is 17.3 Å². The van der Waals surface area contributed by atoms with Gasteiger partial charge in [0.05, 0.1) is 28.0 Å². The van der Waals surface area contributed by atoms with E-state index in [1.165, 1.54) is 24.4 Å². The number of fused-ring (bicyclic) bond motifs is 5. The maximum Gasteiger partial charge on any atom is 0.416 e. The van der Waals surface area contributed by atoms with Crippen molar-refractivity contribution >= 4 is 33.5 Å². The molecule has 4 fully saturated rings. The maximum atomic E-state index is 17.1. The van der Waals surface area contributed by atoms with Crippen molar-refractivity contribution in [2.45, 2.75) is 76.9 Å². The molecule has 3 aliphatic heterocycles. The predicted octanol–water partition coefficient (Wildman–Crippen LogP) is 7.12. The van der Waals surface area contributed by atoms with Crippen molar-refractivity contribution in [1.29, 1.82) is 0 Å². The number of alkyl halides is 4. The number of ether oxygens (including phenoxy) is 2. The molecule has 4 aromatic rings. The van der Waals surface area contributed by atoms with Crippen LogP contribution < -0.4 is 14.4 Å². The number of nitrogens with zero attached hydrogens (tertiary/aromatic N) is 5. The topological polar surface area (TPSA) is 101 Å². The minimum absolute atomic E-state index is 0.00358. The Labute approximate surface area is 297 Å². The van der Waals surface area contributed by atoms with Crippen LogP contribution in [0.25, 0.3) is 32.9 Å². The zero-order valence-corrected chi connectivity index (χ0v) is 29.1. The summed E-state index contributed by atoms with van der Waals surface area (Å²) in [7, 11) is 0. The molecule has 0 spiro atoms. The van der Waals surface area contributed by atoms with Crippen LogP contribution in [0.1, 0.15) is 58.4 Å². The first-order chi connectivity index (χ1) is 24.6. The van der Waals surface area contributed by atoms with Crippen LogP contribution in [0.3, 0.4) is 0 Å². The third-order valence-corrected chi connectivity index (χ3v) is 11.2. The Morgan fingerprint density at radius 2 is 1.87 bits per heavy atom. The second kappa shape index (κ2) is 12.5.